The summed E-state index contributed by atoms with van der Waals surface area (Å²) in [5.74, 6) is 1.52. The van der Waals surface area contributed by atoms with Gasteiger partial charge in [-0.05, 0) is 24.7 Å². The second-order valence-corrected chi connectivity index (χ2v) is 3.75. The number of hydrogen-bond acceptors (Lipinski definition) is 2. The predicted molar refractivity (Wildman–Crippen MR) is 54.9 cm³/mol. The maximum atomic E-state index is 5.81. The fourth-order valence-electron chi connectivity index (χ4n) is 1.67. The molecule has 0 aromatic heterocycles. The summed E-state index contributed by atoms with van der Waals surface area (Å²) in [4.78, 5) is 0. The smallest absolute Gasteiger partial charge is 0.0195 e. The van der Waals surface area contributed by atoms with E-state index in [9.17, 15) is 0 Å². The van der Waals surface area contributed by atoms with Gasteiger partial charge in [0.25, 0.3) is 0 Å². The largest absolute Gasteiger partial charge is 0.326 e. The van der Waals surface area contributed by atoms with Crippen LogP contribution in [0.15, 0.2) is 0 Å². The quantitative estimate of drug-likeness (QED) is 0.584. The lowest BCUT2D eigenvalue weighted by atomic mass is 9.77. The van der Waals surface area contributed by atoms with Crippen molar-refractivity contribution in [2.75, 3.05) is 0 Å². The Labute approximate surface area is 76.7 Å². The van der Waals surface area contributed by atoms with Gasteiger partial charge in [0.15, 0.2) is 0 Å². The molecule has 0 aliphatic heterocycles. The number of rotatable bonds is 0. The lowest BCUT2D eigenvalue weighted by molar-refractivity contribution is 0.225. The van der Waals surface area contributed by atoms with E-state index in [1.165, 1.54) is 0 Å². The van der Waals surface area contributed by atoms with Crippen LogP contribution < -0.4 is 11.5 Å². The standard InChI is InChI=1S/C8H18N2.C2H6/c1-5-3-7(9)8(10)4-6(5)2;1-2/h5-8H,3-4,9-10H2,1-2H3;1-2H3. The van der Waals surface area contributed by atoms with Crippen molar-refractivity contribution in [3.63, 3.8) is 0 Å². The first kappa shape index (κ1) is 11.9. The molecule has 0 amide bonds. The van der Waals surface area contributed by atoms with Gasteiger partial charge in [0, 0.05) is 12.1 Å². The second kappa shape index (κ2) is 5.55. The van der Waals surface area contributed by atoms with E-state index in [4.69, 9.17) is 11.5 Å². The highest BCUT2D eigenvalue weighted by Gasteiger charge is 2.27. The van der Waals surface area contributed by atoms with E-state index in [1.54, 1.807) is 0 Å². The average Bonchev–Trinajstić information content (AvgIpc) is 2.05. The maximum Gasteiger partial charge on any atom is 0.0195 e. The van der Waals surface area contributed by atoms with E-state index < -0.39 is 0 Å². The molecule has 0 radical (unpaired) electrons. The molecule has 4 N–H and O–H groups in total. The summed E-state index contributed by atoms with van der Waals surface area (Å²) in [6, 6.07) is 0.484. The maximum absolute atomic E-state index is 5.81. The Morgan fingerprint density at radius 2 is 1.08 bits per heavy atom. The minimum atomic E-state index is 0.242. The second-order valence-electron chi connectivity index (χ2n) is 3.75. The first-order valence-electron chi connectivity index (χ1n) is 5.12. The van der Waals surface area contributed by atoms with Crippen LogP contribution in [0.2, 0.25) is 0 Å². The summed E-state index contributed by atoms with van der Waals surface area (Å²) in [7, 11) is 0. The molecule has 2 heteroatoms. The normalized spacial score (nSPS) is 41.5. The molecule has 0 heterocycles. The van der Waals surface area contributed by atoms with Gasteiger partial charge in [0.2, 0.25) is 0 Å². The van der Waals surface area contributed by atoms with E-state index >= 15 is 0 Å². The molecular weight excluding hydrogens is 148 g/mol. The van der Waals surface area contributed by atoms with Gasteiger partial charge in [-0.2, -0.15) is 0 Å². The van der Waals surface area contributed by atoms with Crippen molar-refractivity contribution in [2.45, 2.75) is 52.6 Å². The lowest BCUT2D eigenvalue weighted by Gasteiger charge is -2.34. The van der Waals surface area contributed by atoms with Crippen LogP contribution in [0.3, 0.4) is 0 Å². The molecule has 74 valence electrons. The average molecular weight is 172 g/mol. The highest BCUT2D eigenvalue weighted by atomic mass is 14.8. The van der Waals surface area contributed by atoms with Gasteiger partial charge in [-0.1, -0.05) is 27.7 Å². The van der Waals surface area contributed by atoms with Crippen LogP contribution >= 0.6 is 0 Å². The molecule has 0 aromatic rings. The monoisotopic (exact) mass is 172 g/mol. The van der Waals surface area contributed by atoms with Crippen LogP contribution in [0.5, 0.6) is 0 Å². The molecule has 1 aliphatic carbocycles. The van der Waals surface area contributed by atoms with Crippen molar-refractivity contribution in [1.29, 1.82) is 0 Å². The van der Waals surface area contributed by atoms with E-state index in [-0.39, 0.29) is 12.1 Å². The molecular formula is C10H24N2. The van der Waals surface area contributed by atoms with Crippen molar-refractivity contribution in [1.82, 2.24) is 0 Å². The first-order valence-corrected chi connectivity index (χ1v) is 5.12. The zero-order valence-corrected chi connectivity index (χ0v) is 8.88. The molecule has 1 fully saturated rings. The SMILES string of the molecule is CC.CC1CC(N)C(N)CC1C. The van der Waals surface area contributed by atoms with E-state index in [2.05, 4.69) is 13.8 Å². The summed E-state index contributed by atoms with van der Waals surface area (Å²) >= 11 is 0. The minimum Gasteiger partial charge on any atom is -0.326 e. The molecule has 1 saturated carbocycles. The first-order chi connectivity index (χ1) is 5.61. The van der Waals surface area contributed by atoms with Gasteiger partial charge in [-0.3, -0.25) is 0 Å². The topological polar surface area (TPSA) is 52.0 Å². The Hall–Kier alpha value is -0.0800. The Bertz CT molecular complexity index is 88.4. The van der Waals surface area contributed by atoms with Gasteiger partial charge in [-0.25, -0.2) is 0 Å². The summed E-state index contributed by atoms with van der Waals surface area (Å²) in [5.41, 5.74) is 11.6. The van der Waals surface area contributed by atoms with Gasteiger partial charge < -0.3 is 11.5 Å². The summed E-state index contributed by atoms with van der Waals surface area (Å²) in [6.45, 7) is 8.52. The van der Waals surface area contributed by atoms with Crippen LogP contribution in [-0.4, -0.2) is 12.1 Å². The Morgan fingerprint density at radius 1 is 0.833 bits per heavy atom. The van der Waals surface area contributed by atoms with Gasteiger partial charge in [0.05, 0.1) is 0 Å². The fourth-order valence-corrected chi connectivity index (χ4v) is 1.67. The predicted octanol–water partition coefficient (Wildman–Crippen LogP) is 1.73. The molecule has 0 saturated heterocycles. The Kier molecular flexibility index (Phi) is 5.51. The fraction of sp³-hybridized carbons (Fsp3) is 1.00. The Morgan fingerprint density at radius 3 is 1.33 bits per heavy atom. The molecule has 12 heavy (non-hydrogen) atoms. The summed E-state index contributed by atoms with van der Waals surface area (Å²) in [5, 5.41) is 0. The summed E-state index contributed by atoms with van der Waals surface area (Å²) in [6.07, 6.45) is 2.20. The zero-order chi connectivity index (χ0) is 9.72. The third-order valence-corrected chi connectivity index (χ3v) is 2.81. The highest BCUT2D eigenvalue weighted by Crippen LogP contribution is 2.27. The van der Waals surface area contributed by atoms with E-state index in [0.29, 0.717) is 0 Å². The van der Waals surface area contributed by atoms with Crippen LogP contribution in [0.4, 0.5) is 0 Å². The van der Waals surface area contributed by atoms with Gasteiger partial charge in [-0.15, -0.1) is 0 Å². The molecule has 4 unspecified atom stereocenters. The number of hydrogen-bond donors (Lipinski definition) is 2. The van der Waals surface area contributed by atoms with E-state index in [1.807, 2.05) is 13.8 Å². The molecule has 1 rings (SSSR count). The Balaban J connectivity index is 0.000000561. The van der Waals surface area contributed by atoms with Crippen molar-refractivity contribution >= 4 is 0 Å². The van der Waals surface area contributed by atoms with E-state index in [0.717, 1.165) is 24.7 Å². The molecule has 0 spiro atoms. The third-order valence-electron chi connectivity index (χ3n) is 2.81. The third kappa shape index (κ3) is 3.11. The molecule has 0 aromatic carbocycles. The lowest BCUT2D eigenvalue weighted by Crippen LogP contribution is -2.48. The van der Waals surface area contributed by atoms with Gasteiger partial charge >= 0.3 is 0 Å². The molecule has 1 aliphatic rings. The van der Waals surface area contributed by atoms with Gasteiger partial charge in [0.1, 0.15) is 0 Å². The van der Waals surface area contributed by atoms with Crippen molar-refractivity contribution < 1.29 is 0 Å². The van der Waals surface area contributed by atoms with Crippen molar-refractivity contribution in [3.05, 3.63) is 0 Å². The zero-order valence-electron chi connectivity index (χ0n) is 8.88. The molecule has 0 bridgehead atoms. The molecule has 2 nitrogen and oxygen atoms in total. The minimum absolute atomic E-state index is 0.242. The summed E-state index contributed by atoms with van der Waals surface area (Å²) < 4.78 is 0. The van der Waals surface area contributed by atoms with Crippen LogP contribution in [0.25, 0.3) is 0 Å². The van der Waals surface area contributed by atoms with Crippen LogP contribution in [0.1, 0.15) is 40.5 Å². The number of nitrogens with two attached hydrogens (primary N) is 2. The van der Waals surface area contributed by atoms with Crippen LogP contribution in [0, 0.1) is 11.8 Å². The molecule has 4 atom stereocenters. The van der Waals surface area contributed by atoms with Crippen molar-refractivity contribution in [3.8, 4) is 0 Å². The highest BCUT2D eigenvalue weighted by molar-refractivity contribution is 4.86. The van der Waals surface area contributed by atoms with Crippen molar-refractivity contribution in [2.24, 2.45) is 23.3 Å². The van der Waals surface area contributed by atoms with Crippen LogP contribution in [-0.2, 0) is 0 Å².